The van der Waals surface area contributed by atoms with E-state index in [-0.39, 0.29) is 5.76 Å². The summed E-state index contributed by atoms with van der Waals surface area (Å²) in [5.41, 5.74) is 5.99. The van der Waals surface area contributed by atoms with Crippen molar-refractivity contribution in [3.8, 4) is 11.5 Å². The molecule has 0 saturated carbocycles. The number of thiazole rings is 1. The van der Waals surface area contributed by atoms with Crippen LogP contribution in [0.3, 0.4) is 0 Å². The smallest absolute Gasteiger partial charge is 0.371 e. The van der Waals surface area contributed by atoms with Crippen molar-refractivity contribution in [3.63, 3.8) is 0 Å². The molecule has 0 spiro atoms. The van der Waals surface area contributed by atoms with Gasteiger partial charge in [0.15, 0.2) is 10.9 Å². The minimum absolute atomic E-state index is 0.105. The van der Waals surface area contributed by atoms with E-state index in [1.807, 2.05) is 0 Å². The highest BCUT2D eigenvalue weighted by atomic mass is 32.1. The molecule has 0 bridgehead atoms. The Hall–Kier alpha value is -1.82. The predicted octanol–water partition coefficient (Wildman–Crippen LogP) is 1.68. The number of nitrogens with two attached hydrogens (primary N) is 1. The summed E-state index contributed by atoms with van der Waals surface area (Å²) in [6.45, 7) is 0. The van der Waals surface area contributed by atoms with Crippen LogP contribution >= 0.6 is 11.3 Å². The van der Waals surface area contributed by atoms with Gasteiger partial charge in [-0.3, -0.25) is 0 Å². The highest BCUT2D eigenvalue weighted by Crippen LogP contribution is 2.24. The first-order valence-corrected chi connectivity index (χ1v) is 4.59. The van der Waals surface area contributed by atoms with Gasteiger partial charge in [0.25, 0.3) is 0 Å². The Bertz CT molecular complexity index is 474. The van der Waals surface area contributed by atoms with Crippen molar-refractivity contribution in [2.75, 3.05) is 5.73 Å². The number of nitrogens with zero attached hydrogens (tertiary/aromatic N) is 1. The molecule has 0 atom stereocenters. The summed E-state index contributed by atoms with van der Waals surface area (Å²) in [5.74, 6) is -0.790. The summed E-state index contributed by atoms with van der Waals surface area (Å²) < 4.78 is 5.03. The van der Waals surface area contributed by atoms with Crippen LogP contribution in [0.2, 0.25) is 0 Å². The van der Waals surface area contributed by atoms with Crippen molar-refractivity contribution in [3.05, 3.63) is 23.3 Å². The normalized spacial score (nSPS) is 10.3. The molecular weight excluding hydrogens is 204 g/mol. The van der Waals surface area contributed by atoms with Crippen LogP contribution in [-0.2, 0) is 0 Å². The largest absolute Gasteiger partial charge is 0.475 e. The molecule has 0 amide bonds. The second-order valence-corrected chi connectivity index (χ2v) is 3.43. The maximum absolute atomic E-state index is 10.5. The van der Waals surface area contributed by atoms with Crippen LogP contribution in [0.5, 0.6) is 0 Å². The minimum atomic E-state index is -1.10. The first-order chi connectivity index (χ1) is 6.66. The number of aromatic carboxylic acids is 1. The Morgan fingerprint density at radius 1 is 1.57 bits per heavy atom. The van der Waals surface area contributed by atoms with Crippen LogP contribution in [0.25, 0.3) is 11.5 Å². The summed E-state index contributed by atoms with van der Waals surface area (Å²) in [6, 6.07) is 2.94. The second kappa shape index (κ2) is 3.15. The van der Waals surface area contributed by atoms with E-state index in [1.54, 1.807) is 11.4 Å². The summed E-state index contributed by atoms with van der Waals surface area (Å²) in [7, 11) is 0. The lowest BCUT2D eigenvalue weighted by molar-refractivity contribution is 0.0663. The van der Waals surface area contributed by atoms with Gasteiger partial charge in [-0.15, -0.1) is 11.3 Å². The fourth-order valence-corrected chi connectivity index (χ4v) is 1.54. The lowest BCUT2D eigenvalue weighted by Crippen LogP contribution is -1.91. The predicted molar refractivity (Wildman–Crippen MR) is 51.2 cm³/mol. The van der Waals surface area contributed by atoms with Crippen molar-refractivity contribution < 1.29 is 14.3 Å². The molecule has 2 aromatic heterocycles. The Morgan fingerprint density at radius 2 is 2.36 bits per heavy atom. The molecule has 0 aliphatic heterocycles. The second-order valence-electron chi connectivity index (χ2n) is 2.54. The van der Waals surface area contributed by atoms with Crippen LogP contribution in [0.1, 0.15) is 10.6 Å². The van der Waals surface area contributed by atoms with E-state index in [2.05, 4.69) is 4.98 Å². The first kappa shape index (κ1) is 8.76. The van der Waals surface area contributed by atoms with Gasteiger partial charge in [-0.05, 0) is 12.1 Å². The Kier molecular flexibility index (Phi) is 1.97. The number of carboxylic acid groups (broad SMARTS) is 1. The lowest BCUT2D eigenvalue weighted by atomic mass is 10.3. The van der Waals surface area contributed by atoms with Crippen molar-refractivity contribution in [2.24, 2.45) is 0 Å². The molecule has 0 aliphatic carbocycles. The Balaban J connectivity index is 2.38. The molecule has 0 unspecified atom stereocenters. The van der Waals surface area contributed by atoms with Gasteiger partial charge in [0.05, 0.1) is 0 Å². The zero-order valence-corrected chi connectivity index (χ0v) is 7.75. The van der Waals surface area contributed by atoms with Crippen molar-refractivity contribution in [2.45, 2.75) is 0 Å². The monoisotopic (exact) mass is 210 g/mol. The fourth-order valence-electron chi connectivity index (χ4n) is 0.991. The summed E-state index contributed by atoms with van der Waals surface area (Å²) in [4.78, 5) is 14.5. The first-order valence-electron chi connectivity index (χ1n) is 3.71. The van der Waals surface area contributed by atoms with Crippen LogP contribution in [0.15, 0.2) is 21.9 Å². The number of carbonyl (C=O) groups is 1. The maximum atomic E-state index is 10.5. The van der Waals surface area contributed by atoms with E-state index in [1.165, 1.54) is 17.4 Å². The average Bonchev–Trinajstić information content (AvgIpc) is 2.70. The Labute approximate surface area is 82.8 Å². The van der Waals surface area contributed by atoms with E-state index in [9.17, 15) is 4.79 Å². The van der Waals surface area contributed by atoms with E-state index in [4.69, 9.17) is 15.3 Å². The number of anilines is 1. The molecule has 5 nitrogen and oxygen atoms in total. The zero-order chi connectivity index (χ0) is 10.1. The molecule has 2 heterocycles. The molecular formula is C8H6N2O3S. The van der Waals surface area contributed by atoms with E-state index < -0.39 is 5.97 Å². The number of hydrogen-bond acceptors (Lipinski definition) is 5. The van der Waals surface area contributed by atoms with Gasteiger partial charge >= 0.3 is 5.97 Å². The van der Waals surface area contributed by atoms with Crippen LogP contribution < -0.4 is 5.73 Å². The van der Waals surface area contributed by atoms with Gasteiger partial charge in [0, 0.05) is 5.38 Å². The standard InChI is InChI=1S/C8H6N2O3S/c9-8-10-4(3-14-8)5-1-2-6(13-5)7(11)12/h1-3H,(H2,9,10)(H,11,12). The van der Waals surface area contributed by atoms with Gasteiger partial charge < -0.3 is 15.3 Å². The summed E-state index contributed by atoms with van der Waals surface area (Å²) >= 11 is 1.28. The van der Waals surface area contributed by atoms with Crippen LogP contribution in [-0.4, -0.2) is 16.1 Å². The van der Waals surface area contributed by atoms with Crippen molar-refractivity contribution >= 4 is 22.4 Å². The molecule has 72 valence electrons. The van der Waals surface area contributed by atoms with E-state index in [0.717, 1.165) is 0 Å². The number of rotatable bonds is 2. The van der Waals surface area contributed by atoms with Crippen molar-refractivity contribution in [1.82, 2.24) is 4.98 Å². The van der Waals surface area contributed by atoms with Gasteiger partial charge in [0.1, 0.15) is 5.69 Å². The Morgan fingerprint density at radius 3 is 2.86 bits per heavy atom. The number of nitrogen functional groups attached to an aromatic ring is 1. The molecule has 0 aliphatic rings. The molecule has 0 saturated heterocycles. The van der Waals surface area contributed by atoms with Gasteiger partial charge in [-0.1, -0.05) is 0 Å². The van der Waals surface area contributed by atoms with E-state index >= 15 is 0 Å². The molecule has 2 rings (SSSR count). The summed E-state index contributed by atoms with van der Waals surface area (Å²) in [6.07, 6.45) is 0. The van der Waals surface area contributed by atoms with Crippen LogP contribution in [0.4, 0.5) is 5.13 Å². The topological polar surface area (TPSA) is 89.3 Å². The number of hydrogen-bond donors (Lipinski definition) is 2. The lowest BCUT2D eigenvalue weighted by Gasteiger charge is -1.88. The third-order valence-corrected chi connectivity index (χ3v) is 2.27. The molecule has 2 aromatic rings. The minimum Gasteiger partial charge on any atom is -0.475 e. The third kappa shape index (κ3) is 1.47. The quantitative estimate of drug-likeness (QED) is 0.787. The van der Waals surface area contributed by atoms with Gasteiger partial charge in [0.2, 0.25) is 5.76 Å². The zero-order valence-electron chi connectivity index (χ0n) is 6.93. The summed E-state index contributed by atoms with van der Waals surface area (Å²) in [5, 5.41) is 10.7. The molecule has 0 aromatic carbocycles. The molecule has 3 N–H and O–H groups in total. The maximum Gasteiger partial charge on any atom is 0.371 e. The molecule has 0 radical (unpaired) electrons. The highest BCUT2D eigenvalue weighted by molar-refractivity contribution is 7.13. The number of carboxylic acids is 1. The van der Waals surface area contributed by atoms with Gasteiger partial charge in [-0.2, -0.15) is 0 Å². The number of furan rings is 1. The third-order valence-electron chi connectivity index (χ3n) is 1.59. The SMILES string of the molecule is Nc1nc(-c2ccc(C(=O)O)o2)cs1. The average molecular weight is 210 g/mol. The molecule has 0 fully saturated rings. The van der Waals surface area contributed by atoms with Gasteiger partial charge in [-0.25, -0.2) is 9.78 Å². The molecule has 14 heavy (non-hydrogen) atoms. The molecule has 6 heteroatoms. The van der Waals surface area contributed by atoms with E-state index in [0.29, 0.717) is 16.6 Å². The van der Waals surface area contributed by atoms with Crippen molar-refractivity contribution in [1.29, 1.82) is 0 Å². The highest BCUT2D eigenvalue weighted by Gasteiger charge is 2.11. The van der Waals surface area contributed by atoms with Crippen LogP contribution in [0, 0.1) is 0 Å². The fraction of sp³-hybridized carbons (Fsp3) is 0. The number of aromatic nitrogens is 1.